The molecule has 21 heavy (non-hydrogen) atoms. The van der Waals surface area contributed by atoms with Crippen LogP contribution in [0.2, 0.25) is 0 Å². The zero-order valence-electron chi connectivity index (χ0n) is 12.1. The van der Waals surface area contributed by atoms with Crippen molar-refractivity contribution in [1.29, 1.82) is 0 Å². The largest absolute Gasteiger partial charge is 0.398 e. The Balaban J connectivity index is 2.36. The topological polar surface area (TPSA) is 63.4 Å². The number of anilines is 1. The van der Waals surface area contributed by atoms with Crippen LogP contribution < -0.4 is 5.73 Å². The molecule has 0 spiro atoms. The van der Waals surface area contributed by atoms with E-state index in [9.17, 15) is 12.8 Å². The summed E-state index contributed by atoms with van der Waals surface area (Å²) in [6, 6.07) is 2.30. The standard InChI is InChI=1S/C14H20BrFN2O2S/c1-9(2)5-6-18(10-3-4-10)21(19,20)14-8-13(17)11(15)7-12(14)16/h7-10H,3-6,17H2,1-2H3. The van der Waals surface area contributed by atoms with Crippen molar-refractivity contribution in [2.24, 2.45) is 5.92 Å². The molecule has 0 saturated heterocycles. The lowest BCUT2D eigenvalue weighted by Crippen LogP contribution is -2.35. The number of rotatable bonds is 6. The molecule has 7 heteroatoms. The summed E-state index contributed by atoms with van der Waals surface area (Å²) >= 11 is 3.10. The van der Waals surface area contributed by atoms with Gasteiger partial charge in [0.1, 0.15) is 10.7 Å². The molecule has 1 aliphatic carbocycles. The van der Waals surface area contributed by atoms with Gasteiger partial charge >= 0.3 is 0 Å². The molecule has 0 radical (unpaired) electrons. The minimum Gasteiger partial charge on any atom is -0.398 e. The molecule has 0 bridgehead atoms. The fourth-order valence-corrected chi connectivity index (χ4v) is 4.21. The molecule has 2 N–H and O–H groups in total. The predicted molar refractivity (Wildman–Crippen MR) is 84.9 cm³/mol. The molecule has 118 valence electrons. The van der Waals surface area contributed by atoms with Gasteiger partial charge in [-0.2, -0.15) is 4.31 Å². The molecule has 0 unspecified atom stereocenters. The van der Waals surface area contributed by atoms with Crippen molar-refractivity contribution in [2.45, 2.75) is 44.0 Å². The number of nitrogens with two attached hydrogens (primary N) is 1. The van der Waals surface area contributed by atoms with Crippen LogP contribution in [-0.4, -0.2) is 25.3 Å². The Bertz CT molecular complexity index is 630. The summed E-state index contributed by atoms with van der Waals surface area (Å²) < 4.78 is 41.3. The maximum Gasteiger partial charge on any atom is 0.246 e. The fraction of sp³-hybridized carbons (Fsp3) is 0.571. The summed E-state index contributed by atoms with van der Waals surface area (Å²) in [6.07, 6.45) is 2.43. The first-order valence-corrected chi connectivity index (χ1v) is 9.23. The van der Waals surface area contributed by atoms with E-state index in [1.54, 1.807) is 0 Å². The summed E-state index contributed by atoms with van der Waals surface area (Å²) in [5, 5.41) is 0. The Hall–Kier alpha value is -0.660. The molecule has 0 aromatic heterocycles. The van der Waals surface area contributed by atoms with Crippen LogP contribution in [0.5, 0.6) is 0 Å². The number of hydrogen-bond acceptors (Lipinski definition) is 3. The molecule has 2 rings (SSSR count). The van der Waals surface area contributed by atoms with Crippen molar-refractivity contribution in [3.05, 3.63) is 22.4 Å². The minimum absolute atomic E-state index is 0.00183. The SMILES string of the molecule is CC(C)CCN(C1CC1)S(=O)(=O)c1cc(N)c(Br)cc1F. The molecule has 1 aromatic rings. The smallest absolute Gasteiger partial charge is 0.246 e. The molecule has 1 aromatic carbocycles. The van der Waals surface area contributed by atoms with Crippen LogP contribution in [0.3, 0.4) is 0 Å². The lowest BCUT2D eigenvalue weighted by molar-refractivity contribution is 0.371. The third kappa shape index (κ3) is 3.76. The minimum atomic E-state index is -3.85. The molecular weight excluding hydrogens is 359 g/mol. The van der Waals surface area contributed by atoms with Gasteiger partial charge in [-0.1, -0.05) is 13.8 Å². The molecule has 0 atom stereocenters. The molecule has 0 amide bonds. The van der Waals surface area contributed by atoms with Crippen molar-refractivity contribution in [3.63, 3.8) is 0 Å². The molecule has 0 heterocycles. The highest BCUT2D eigenvalue weighted by Crippen LogP contribution is 2.35. The zero-order valence-corrected chi connectivity index (χ0v) is 14.5. The van der Waals surface area contributed by atoms with Gasteiger partial charge in [0.25, 0.3) is 0 Å². The molecule has 4 nitrogen and oxygen atoms in total. The highest BCUT2D eigenvalue weighted by atomic mass is 79.9. The van der Waals surface area contributed by atoms with E-state index >= 15 is 0 Å². The van der Waals surface area contributed by atoms with Gasteiger partial charge in [-0.25, -0.2) is 12.8 Å². The highest BCUT2D eigenvalue weighted by molar-refractivity contribution is 9.10. The Labute approximate surface area is 133 Å². The van der Waals surface area contributed by atoms with E-state index < -0.39 is 15.8 Å². The van der Waals surface area contributed by atoms with Gasteiger partial charge in [0.05, 0.1) is 0 Å². The molecular formula is C14H20BrFN2O2S. The third-order valence-corrected chi connectivity index (χ3v) is 6.17. The first kappa shape index (κ1) is 16.7. The lowest BCUT2D eigenvalue weighted by atomic mass is 10.1. The number of halogens is 2. The molecule has 1 aliphatic rings. The van der Waals surface area contributed by atoms with Crippen LogP contribution in [0.15, 0.2) is 21.5 Å². The normalized spacial score (nSPS) is 15.9. The summed E-state index contributed by atoms with van der Waals surface area (Å²) in [5.41, 5.74) is 5.92. The lowest BCUT2D eigenvalue weighted by Gasteiger charge is -2.23. The van der Waals surface area contributed by atoms with E-state index in [0.717, 1.165) is 25.3 Å². The first-order chi connectivity index (χ1) is 9.73. The molecule has 1 fully saturated rings. The average molecular weight is 379 g/mol. The third-order valence-electron chi connectivity index (χ3n) is 3.52. The van der Waals surface area contributed by atoms with Gasteiger partial charge < -0.3 is 5.73 Å². The number of benzene rings is 1. The molecule has 0 aliphatic heterocycles. The van der Waals surface area contributed by atoms with Crippen LogP contribution in [0.4, 0.5) is 10.1 Å². The molecule has 1 saturated carbocycles. The van der Waals surface area contributed by atoms with Crippen molar-refractivity contribution >= 4 is 31.6 Å². The van der Waals surface area contributed by atoms with E-state index in [4.69, 9.17) is 5.73 Å². The Morgan fingerprint density at radius 2 is 2.05 bits per heavy atom. The van der Waals surface area contributed by atoms with Gasteiger partial charge in [-0.05, 0) is 53.2 Å². The van der Waals surface area contributed by atoms with Crippen LogP contribution >= 0.6 is 15.9 Å². The maximum absolute atomic E-state index is 14.1. The monoisotopic (exact) mass is 378 g/mol. The Kier molecular flexibility index (Phi) is 4.95. The summed E-state index contributed by atoms with van der Waals surface area (Å²) in [6.45, 7) is 4.49. The Morgan fingerprint density at radius 3 is 2.57 bits per heavy atom. The second kappa shape index (κ2) is 6.22. The van der Waals surface area contributed by atoms with Gasteiger partial charge in [0, 0.05) is 22.7 Å². The van der Waals surface area contributed by atoms with Crippen LogP contribution in [0.25, 0.3) is 0 Å². The van der Waals surface area contributed by atoms with Crippen LogP contribution in [0, 0.1) is 11.7 Å². The maximum atomic E-state index is 14.1. The van der Waals surface area contributed by atoms with E-state index in [1.807, 2.05) is 13.8 Å². The zero-order chi connectivity index (χ0) is 15.8. The predicted octanol–water partition coefficient (Wildman–Crippen LogP) is 3.37. The van der Waals surface area contributed by atoms with Gasteiger partial charge in [0.2, 0.25) is 10.0 Å². The fourth-order valence-electron chi connectivity index (χ4n) is 2.12. The van der Waals surface area contributed by atoms with Gasteiger partial charge in [0.15, 0.2) is 0 Å². The van der Waals surface area contributed by atoms with Gasteiger partial charge in [-0.15, -0.1) is 0 Å². The van der Waals surface area contributed by atoms with Crippen molar-refractivity contribution in [2.75, 3.05) is 12.3 Å². The summed E-state index contributed by atoms with van der Waals surface area (Å²) in [5.74, 6) is -0.382. The van der Waals surface area contributed by atoms with Crippen molar-refractivity contribution in [1.82, 2.24) is 4.31 Å². The van der Waals surface area contributed by atoms with E-state index in [2.05, 4.69) is 15.9 Å². The quantitative estimate of drug-likeness (QED) is 0.771. The van der Waals surface area contributed by atoms with Crippen molar-refractivity contribution in [3.8, 4) is 0 Å². The van der Waals surface area contributed by atoms with Gasteiger partial charge in [-0.3, -0.25) is 0 Å². The number of nitrogen functional groups attached to an aromatic ring is 1. The van der Waals surface area contributed by atoms with Crippen molar-refractivity contribution < 1.29 is 12.8 Å². The number of sulfonamides is 1. The van der Waals surface area contributed by atoms with E-state index in [-0.39, 0.29) is 16.6 Å². The van der Waals surface area contributed by atoms with E-state index in [0.29, 0.717) is 16.9 Å². The summed E-state index contributed by atoms with van der Waals surface area (Å²) in [7, 11) is -3.85. The number of hydrogen-bond donors (Lipinski definition) is 1. The summed E-state index contributed by atoms with van der Waals surface area (Å²) in [4.78, 5) is -0.334. The Morgan fingerprint density at radius 1 is 1.43 bits per heavy atom. The second-order valence-corrected chi connectivity index (χ2v) is 8.55. The van der Waals surface area contributed by atoms with E-state index in [1.165, 1.54) is 10.4 Å². The highest BCUT2D eigenvalue weighted by Gasteiger charge is 2.39. The second-order valence-electron chi connectivity index (χ2n) is 5.83. The first-order valence-electron chi connectivity index (χ1n) is 7.00. The van der Waals surface area contributed by atoms with Crippen LogP contribution in [-0.2, 0) is 10.0 Å². The van der Waals surface area contributed by atoms with Crippen LogP contribution in [0.1, 0.15) is 33.1 Å². The number of nitrogens with zero attached hydrogens (tertiary/aromatic N) is 1. The average Bonchev–Trinajstić information content (AvgIpc) is 3.17.